The first-order chi connectivity index (χ1) is 17.5. The molecule has 36 heavy (non-hydrogen) atoms. The van der Waals surface area contributed by atoms with Crippen molar-refractivity contribution >= 4 is 11.1 Å². The molecular weight excluding hydrogens is 454 g/mol. The number of allylic oxidation sites excluding steroid dienone is 1. The topological polar surface area (TPSA) is 82.4 Å². The molecular formula is C30H33NO5. The summed E-state index contributed by atoms with van der Waals surface area (Å²) in [7, 11) is 0. The van der Waals surface area contributed by atoms with Gasteiger partial charge in [0.2, 0.25) is 0 Å². The molecule has 0 spiro atoms. The van der Waals surface area contributed by atoms with Gasteiger partial charge in [-0.2, -0.15) is 0 Å². The van der Waals surface area contributed by atoms with Crippen LogP contribution in [0.3, 0.4) is 0 Å². The summed E-state index contributed by atoms with van der Waals surface area (Å²) in [4.78, 5) is 2.42. The highest BCUT2D eigenvalue weighted by Gasteiger charge is 2.30. The predicted molar refractivity (Wildman–Crippen MR) is 140 cm³/mol. The number of likely N-dealkylation sites (tertiary alicyclic amines) is 1. The number of hydrogen-bond acceptors (Lipinski definition) is 6. The highest BCUT2D eigenvalue weighted by molar-refractivity contribution is 5.96. The molecule has 2 aliphatic rings. The van der Waals surface area contributed by atoms with Crippen molar-refractivity contribution in [3.63, 3.8) is 0 Å². The number of phenols is 2. The number of benzene rings is 3. The van der Waals surface area contributed by atoms with Crippen LogP contribution in [0.2, 0.25) is 0 Å². The number of hydrogen-bond donors (Lipinski definition) is 3. The lowest BCUT2D eigenvalue weighted by atomic mass is 9.85. The van der Waals surface area contributed by atoms with Gasteiger partial charge in [-0.25, -0.2) is 0 Å². The van der Waals surface area contributed by atoms with E-state index in [1.165, 1.54) is 19.5 Å². The van der Waals surface area contributed by atoms with Gasteiger partial charge in [0.25, 0.3) is 0 Å². The Morgan fingerprint density at radius 2 is 1.78 bits per heavy atom. The van der Waals surface area contributed by atoms with Crippen LogP contribution in [0.4, 0.5) is 0 Å². The fourth-order valence-electron chi connectivity index (χ4n) is 5.06. The Hall–Kier alpha value is -3.48. The summed E-state index contributed by atoms with van der Waals surface area (Å²) in [6, 6.07) is 18.3. The molecule has 0 saturated carbocycles. The maximum absolute atomic E-state index is 10.4. The van der Waals surface area contributed by atoms with E-state index in [9.17, 15) is 15.3 Å². The van der Waals surface area contributed by atoms with Crippen LogP contribution in [-0.2, 0) is 6.61 Å². The number of phenolic OH excluding ortho intramolecular Hbond substituents is 1. The van der Waals surface area contributed by atoms with Crippen LogP contribution in [0.5, 0.6) is 23.0 Å². The van der Waals surface area contributed by atoms with Crippen LogP contribution in [0.25, 0.3) is 11.1 Å². The molecule has 6 heteroatoms. The minimum Gasteiger partial charge on any atom is -0.508 e. The Labute approximate surface area is 212 Å². The Balaban J connectivity index is 1.40. The number of aliphatic hydroxyl groups excluding tert-OH is 1. The molecule has 3 aromatic carbocycles. The smallest absolute Gasteiger partial charge is 0.150 e. The zero-order valence-electron chi connectivity index (χ0n) is 20.8. The fraction of sp³-hybridized carbons (Fsp3) is 0.333. The van der Waals surface area contributed by atoms with Gasteiger partial charge in [0.1, 0.15) is 35.7 Å². The lowest BCUT2D eigenvalue weighted by Gasteiger charge is -2.38. The largest absolute Gasteiger partial charge is 0.508 e. The molecule has 0 aliphatic carbocycles. The second-order valence-electron chi connectivity index (χ2n) is 9.67. The van der Waals surface area contributed by atoms with E-state index in [4.69, 9.17) is 9.47 Å². The van der Waals surface area contributed by atoms with E-state index in [1.54, 1.807) is 30.3 Å². The maximum atomic E-state index is 10.4. The summed E-state index contributed by atoms with van der Waals surface area (Å²) in [5, 5.41) is 30.0. The summed E-state index contributed by atoms with van der Waals surface area (Å²) in [6.07, 6.45) is 0.831. The van der Waals surface area contributed by atoms with E-state index in [-0.39, 0.29) is 18.1 Å². The summed E-state index contributed by atoms with van der Waals surface area (Å²) in [5.41, 5.74) is 4.87. The summed E-state index contributed by atoms with van der Waals surface area (Å²) < 4.78 is 12.4. The van der Waals surface area contributed by atoms with Crippen molar-refractivity contribution in [1.29, 1.82) is 0 Å². The van der Waals surface area contributed by atoms with Crippen molar-refractivity contribution in [3.8, 4) is 23.0 Å². The third-order valence-corrected chi connectivity index (χ3v) is 7.31. The van der Waals surface area contributed by atoms with Gasteiger partial charge in [0.05, 0.1) is 6.61 Å². The van der Waals surface area contributed by atoms with Gasteiger partial charge in [-0.1, -0.05) is 37.6 Å². The van der Waals surface area contributed by atoms with Crippen molar-refractivity contribution in [2.45, 2.75) is 33.0 Å². The molecule has 1 unspecified atom stereocenters. The van der Waals surface area contributed by atoms with Crippen molar-refractivity contribution in [3.05, 3.63) is 82.9 Å². The quantitative estimate of drug-likeness (QED) is 0.396. The van der Waals surface area contributed by atoms with Crippen LogP contribution in [0.1, 0.15) is 48.6 Å². The molecule has 3 N–H and O–H groups in total. The van der Waals surface area contributed by atoms with E-state index >= 15 is 0 Å². The molecule has 0 aromatic heterocycles. The van der Waals surface area contributed by atoms with Crippen molar-refractivity contribution in [2.24, 2.45) is 5.92 Å². The SMILES string of the molecule is CCC1CN(CCOc2ccc(C3Oc4ccc(O)cc4C(C)=C3c3ccc(CO)c(O)c3)cc2)C1. The molecule has 2 aliphatic heterocycles. The second kappa shape index (κ2) is 10.2. The van der Waals surface area contributed by atoms with Gasteiger partial charge in [-0.05, 0) is 65.9 Å². The van der Waals surface area contributed by atoms with E-state index < -0.39 is 6.10 Å². The number of rotatable bonds is 8. The van der Waals surface area contributed by atoms with E-state index in [2.05, 4.69) is 11.8 Å². The summed E-state index contributed by atoms with van der Waals surface area (Å²) >= 11 is 0. The first-order valence-electron chi connectivity index (χ1n) is 12.6. The normalized spacial score (nSPS) is 17.9. The molecule has 188 valence electrons. The summed E-state index contributed by atoms with van der Waals surface area (Å²) in [6.45, 7) is 7.93. The first kappa shape index (κ1) is 24.2. The maximum Gasteiger partial charge on any atom is 0.150 e. The Bertz CT molecular complexity index is 1260. The third kappa shape index (κ3) is 4.79. The minimum absolute atomic E-state index is 0.0342. The minimum atomic E-state index is -0.414. The molecule has 5 rings (SSSR count). The third-order valence-electron chi connectivity index (χ3n) is 7.31. The number of aromatic hydroxyl groups is 2. The Kier molecular flexibility index (Phi) is 6.90. The monoisotopic (exact) mass is 487 g/mol. The molecule has 0 amide bonds. The molecule has 1 saturated heterocycles. The average molecular weight is 488 g/mol. The molecule has 0 radical (unpaired) electrons. The van der Waals surface area contributed by atoms with Crippen molar-refractivity contribution in [1.82, 2.24) is 4.90 Å². The van der Waals surface area contributed by atoms with Crippen LogP contribution in [0, 0.1) is 5.92 Å². The molecule has 6 nitrogen and oxygen atoms in total. The average Bonchev–Trinajstić information content (AvgIpc) is 2.86. The van der Waals surface area contributed by atoms with Gasteiger partial charge in [-0.15, -0.1) is 0 Å². The predicted octanol–water partition coefficient (Wildman–Crippen LogP) is 5.38. The van der Waals surface area contributed by atoms with Gasteiger partial charge in [0, 0.05) is 36.3 Å². The van der Waals surface area contributed by atoms with Gasteiger partial charge in [-0.3, -0.25) is 4.90 Å². The number of ether oxygens (including phenoxy) is 2. The highest BCUT2D eigenvalue weighted by Crippen LogP contribution is 2.48. The lowest BCUT2D eigenvalue weighted by Crippen LogP contribution is -2.47. The second-order valence-corrected chi connectivity index (χ2v) is 9.67. The fourth-order valence-corrected chi connectivity index (χ4v) is 5.06. The van der Waals surface area contributed by atoms with Gasteiger partial charge < -0.3 is 24.8 Å². The highest BCUT2D eigenvalue weighted by atomic mass is 16.5. The number of fused-ring (bicyclic) bond motifs is 1. The van der Waals surface area contributed by atoms with E-state index in [0.717, 1.165) is 46.0 Å². The Morgan fingerprint density at radius 3 is 2.47 bits per heavy atom. The van der Waals surface area contributed by atoms with Crippen LogP contribution >= 0.6 is 0 Å². The molecule has 1 atom stereocenters. The summed E-state index contributed by atoms with van der Waals surface area (Å²) in [5.74, 6) is 2.54. The molecule has 1 fully saturated rings. The molecule has 3 aromatic rings. The number of nitrogens with zero attached hydrogens (tertiary/aromatic N) is 1. The lowest BCUT2D eigenvalue weighted by molar-refractivity contribution is 0.0806. The molecule has 2 heterocycles. The van der Waals surface area contributed by atoms with Crippen LogP contribution in [0.15, 0.2) is 60.7 Å². The Morgan fingerprint density at radius 1 is 1.00 bits per heavy atom. The standard InChI is InChI=1S/C30H33NO5/c1-3-20-16-31(17-20)12-13-35-25-9-6-21(7-10-25)30-29(22-4-5-23(18-32)27(34)14-22)19(2)26-15-24(33)8-11-28(26)36-30/h4-11,14-15,20,30,32-34H,3,12-13,16-18H2,1-2H3. The van der Waals surface area contributed by atoms with E-state index in [1.807, 2.05) is 37.3 Å². The van der Waals surface area contributed by atoms with Gasteiger partial charge >= 0.3 is 0 Å². The first-order valence-corrected chi connectivity index (χ1v) is 12.6. The van der Waals surface area contributed by atoms with Crippen LogP contribution in [-0.4, -0.2) is 46.5 Å². The zero-order valence-corrected chi connectivity index (χ0v) is 20.8. The van der Waals surface area contributed by atoms with Crippen LogP contribution < -0.4 is 9.47 Å². The van der Waals surface area contributed by atoms with Gasteiger partial charge in [0.15, 0.2) is 0 Å². The van der Waals surface area contributed by atoms with E-state index in [0.29, 0.717) is 17.9 Å². The number of aliphatic hydroxyl groups is 1. The van der Waals surface area contributed by atoms with Crippen molar-refractivity contribution in [2.75, 3.05) is 26.2 Å². The van der Waals surface area contributed by atoms with Crippen molar-refractivity contribution < 1.29 is 24.8 Å². The molecule has 0 bridgehead atoms. The zero-order chi connectivity index (χ0) is 25.2.